The Morgan fingerprint density at radius 3 is 3.00 bits per heavy atom. The van der Waals surface area contributed by atoms with Gasteiger partial charge in [0.05, 0.1) is 11.4 Å². The first-order valence-electron chi connectivity index (χ1n) is 6.12. The number of hydrogen-bond donors (Lipinski definition) is 2. The zero-order valence-corrected chi connectivity index (χ0v) is 10.5. The minimum absolute atomic E-state index is 0.551. The molecule has 0 saturated carbocycles. The van der Waals surface area contributed by atoms with E-state index in [0.717, 1.165) is 18.8 Å². The van der Waals surface area contributed by atoms with Gasteiger partial charge in [-0.3, -0.25) is 4.99 Å². The van der Waals surface area contributed by atoms with Crippen molar-refractivity contribution in [2.24, 2.45) is 4.99 Å². The molecular formula is C12H24N2O2. The second-order valence-corrected chi connectivity index (χ2v) is 4.73. The van der Waals surface area contributed by atoms with Crippen molar-refractivity contribution in [2.45, 2.75) is 44.6 Å². The third kappa shape index (κ3) is 5.47. The molecule has 2 N–H and O–H groups in total. The number of hydrogen-bond acceptors (Lipinski definition) is 4. The molecule has 1 atom stereocenters. The van der Waals surface area contributed by atoms with E-state index >= 15 is 0 Å². The molecule has 4 heteroatoms. The van der Waals surface area contributed by atoms with Gasteiger partial charge in [-0.05, 0) is 19.8 Å². The Bertz CT molecular complexity index is 227. The molecule has 0 spiro atoms. The van der Waals surface area contributed by atoms with Crippen molar-refractivity contribution in [3.05, 3.63) is 0 Å². The topological polar surface area (TPSA) is 53.9 Å². The SMILES string of the molecule is COCCC(C)(O)CNC1=NCCCCC1. The van der Waals surface area contributed by atoms with Crippen LogP contribution in [0.15, 0.2) is 4.99 Å². The average Bonchev–Trinajstić information content (AvgIpc) is 2.52. The summed E-state index contributed by atoms with van der Waals surface area (Å²) in [7, 11) is 1.65. The molecule has 4 nitrogen and oxygen atoms in total. The van der Waals surface area contributed by atoms with Gasteiger partial charge < -0.3 is 15.2 Å². The lowest BCUT2D eigenvalue weighted by Crippen LogP contribution is -2.41. The van der Waals surface area contributed by atoms with Crippen LogP contribution in [0.3, 0.4) is 0 Å². The highest BCUT2D eigenvalue weighted by molar-refractivity contribution is 5.82. The lowest BCUT2D eigenvalue weighted by Gasteiger charge is -2.24. The fraction of sp³-hybridized carbons (Fsp3) is 0.917. The molecule has 0 amide bonds. The maximum Gasteiger partial charge on any atom is 0.0964 e. The van der Waals surface area contributed by atoms with Crippen LogP contribution in [0.1, 0.15) is 39.0 Å². The number of aliphatic hydroxyl groups is 1. The number of rotatable bonds is 5. The molecule has 1 aliphatic rings. The summed E-state index contributed by atoms with van der Waals surface area (Å²) in [5.74, 6) is 1.05. The van der Waals surface area contributed by atoms with Crippen LogP contribution in [0.2, 0.25) is 0 Å². The van der Waals surface area contributed by atoms with Gasteiger partial charge >= 0.3 is 0 Å². The quantitative estimate of drug-likeness (QED) is 0.746. The molecule has 0 aromatic heterocycles. The number of aliphatic imine (C=N–C) groups is 1. The molecule has 16 heavy (non-hydrogen) atoms. The van der Waals surface area contributed by atoms with Crippen molar-refractivity contribution >= 4 is 5.84 Å². The molecule has 1 rings (SSSR count). The third-order valence-electron chi connectivity index (χ3n) is 2.89. The highest BCUT2D eigenvalue weighted by Gasteiger charge is 2.20. The predicted molar refractivity (Wildman–Crippen MR) is 65.9 cm³/mol. The van der Waals surface area contributed by atoms with Crippen molar-refractivity contribution in [1.82, 2.24) is 5.32 Å². The van der Waals surface area contributed by atoms with Crippen molar-refractivity contribution < 1.29 is 9.84 Å². The molecule has 0 bridgehead atoms. The Labute approximate surface area is 98.1 Å². The summed E-state index contributed by atoms with van der Waals surface area (Å²) in [5, 5.41) is 13.3. The Morgan fingerprint density at radius 1 is 1.44 bits per heavy atom. The Kier molecular flexibility index (Phi) is 5.77. The first kappa shape index (κ1) is 13.5. The van der Waals surface area contributed by atoms with Gasteiger partial charge in [0.15, 0.2) is 0 Å². The van der Waals surface area contributed by atoms with Crippen LogP contribution in [-0.4, -0.2) is 43.3 Å². The molecule has 1 heterocycles. The largest absolute Gasteiger partial charge is 0.388 e. The maximum absolute atomic E-state index is 10.0. The van der Waals surface area contributed by atoms with Crippen molar-refractivity contribution in [3.8, 4) is 0 Å². The van der Waals surface area contributed by atoms with Crippen LogP contribution >= 0.6 is 0 Å². The maximum atomic E-state index is 10.0. The van der Waals surface area contributed by atoms with E-state index in [9.17, 15) is 5.11 Å². The minimum Gasteiger partial charge on any atom is -0.388 e. The van der Waals surface area contributed by atoms with Crippen molar-refractivity contribution in [3.63, 3.8) is 0 Å². The summed E-state index contributed by atoms with van der Waals surface area (Å²) in [6.07, 6.45) is 5.30. The molecule has 0 fully saturated rings. The van der Waals surface area contributed by atoms with Gasteiger partial charge in [0, 0.05) is 39.6 Å². The number of nitrogens with zero attached hydrogens (tertiary/aromatic N) is 1. The van der Waals surface area contributed by atoms with Crippen LogP contribution in [-0.2, 0) is 4.74 Å². The molecule has 0 radical (unpaired) electrons. The predicted octanol–water partition coefficient (Wildman–Crippen LogP) is 1.34. The van der Waals surface area contributed by atoms with E-state index < -0.39 is 5.60 Å². The van der Waals surface area contributed by atoms with Gasteiger partial charge in [-0.2, -0.15) is 0 Å². The molecule has 1 unspecified atom stereocenters. The van der Waals surface area contributed by atoms with E-state index in [0.29, 0.717) is 19.6 Å². The molecule has 0 saturated heterocycles. The van der Waals surface area contributed by atoms with Crippen LogP contribution in [0.4, 0.5) is 0 Å². The fourth-order valence-electron chi connectivity index (χ4n) is 1.72. The lowest BCUT2D eigenvalue weighted by molar-refractivity contribution is 0.0285. The lowest BCUT2D eigenvalue weighted by atomic mass is 10.0. The van der Waals surface area contributed by atoms with Crippen molar-refractivity contribution in [1.29, 1.82) is 0 Å². The molecule has 1 aliphatic heterocycles. The van der Waals surface area contributed by atoms with E-state index in [1.165, 1.54) is 19.3 Å². The summed E-state index contributed by atoms with van der Waals surface area (Å²) in [4.78, 5) is 4.47. The van der Waals surface area contributed by atoms with Gasteiger partial charge in [-0.1, -0.05) is 6.42 Å². The van der Waals surface area contributed by atoms with Crippen molar-refractivity contribution in [2.75, 3.05) is 26.8 Å². The summed E-state index contributed by atoms with van der Waals surface area (Å²) in [6, 6.07) is 0. The van der Waals surface area contributed by atoms with E-state index in [4.69, 9.17) is 4.74 Å². The van der Waals surface area contributed by atoms with E-state index in [-0.39, 0.29) is 0 Å². The zero-order valence-electron chi connectivity index (χ0n) is 10.5. The zero-order chi connectivity index (χ0) is 11.9. The van der Waals surface area contributed by atoms with E-state index in [1.807, 2.05) is 6.92 Å². The average molecular weight is 228 g/mol. The Morgan fingerprint density at radius 2 is 2.25 bits per heavy atom. The highest BCUT2D eigenvalue weighted by atomic mass is 16.5. The summed E-state index contributed by atoms with van der Waals surface area (Å²) < 4.78 is 4.97. The standard InChI is InChI=1S/C12H24N2O2/c1-12(15,7-9-16-2)10-14-11-6-4-3-5-8-13-11/h15H,3-10H2,1-2H3,(H,13,14). The fourth-order valence-corrected chi connectivity index (χ4v) is 1.72. The molecule has 0 aromatic rings. The number of ether oxygens (including phenoxy) is 1. The molecule has 94 valence electrons. The van der Waals surface area contributed by atoms with E-state index in [2.05, 4.69) is 10.3 Å². The Hall–Kier alpha value is -0.610. The van der Waals surface area contributed by atoms with Gasteiger partial charge in [0.25, 0.3) is 0 Å². The number of methoxy groups -OCH3 is 1. The Balaban J connectivity index is 2.28. The smallest absolute Gasteiger partial charge is 0.0964 e. The first-order chi connectivity index (χ1) is 7.64. The summed E-state index contributed by atoms with van der Waals surface area (Å²) in [6.45, 7) is 3.88. The van der Waals surface area contributed by atoms with Gasteiger partial charge in [0.2, 0.25) is 0 Å². The molecular weight excluding hydrogens is 204 g/mol. The normalized spacial score (nSPS) is 20.8. The van der Waals surface area contributed by atoms with Crippen LogP contribution < -0.4 is 5.32 Å². The summed E-state index contributed by atoms with van der Waals surface area (Å²) >= 11 is 0. The third-order valence-corrected chi connectivity index (χ3v) is 2.89. The van der Waals surface area contributed by atoms with E-state index in [1.54, 1.807) is 7.11 Å². The molecule has 0 aliphatic carbocycles. The van der Waals surface area contributed by atoms with Crippen LogP contribution in [0, 0.1) is 0 Å². The van der Waals surface area contributed by atoms with Gasteiger partial charge in [-0.15, -0.1) is 0 Å². The molecule has 0 aromatic carbocycles. The van der Waals surface area contributed by atoms with Gasteiger partial charge in [0.1, 0.15) is 0 Å². The summed E-state index contributed by atoms with van der Waals surface area (Å²) in [5.41, 5.74) is -0.717. The minimum atomic E-state index is -0.717. The van der Waals surface area contributed by atoms with Crippen LogP contribution in [0.25, 0.3) is 0 Å². The monoisotopic (exact) mass is 228 g/mol. The van der Waals surface area contributed by atoms with Crippen LogP contribution in [0.5, 0.6) is 0 Å². The number of nitrogens with one attached hydrogen (secondary N) is 1. The van der Waals surface area contributed by atoms with Gasteiger partial charge in [-0.25, -0.2) is 0 Å². The second-order valence-electron chi connectivity index (χ2n) is 4.73. The first-order valence-corrected chi connectivity index (χ1v) is 6.12. The number of amidine groups is 1. The highest BCUT2D eigenvalue weighted by Crippen LogP contribution is 2.10. The second kappa shape index (κ2) is 6.86.